The second kappa shape index (κ2) is 6.14. The van der Waals surface area contributed by atoms with Crippen molar-refractivity contribution < 1.29 is 18.0 Å². The number of alkyl halides is 3. The Hall–Kier alpha value is -2.16. The quantitative estimate of drug-likeness (QED) is 0.491. The van der Waals surface area contributed by atoms with Crippen molar-refractivity contribution in [3.63, 3.8) is 0 Å². The molecule has 0 fully saturated rings. The zero-order valence-electron chi connectivity index (χ0n) is 10.3. The van der Waals surface area contributed by atoms with Gasteiger partial charge < -0.3 is 11.1 Å². The van der Waals surface area contributed by atoms with E-state index in [1.54, 1.807) is 0 Å². The first kappa shape index (κ1) is 14.9. The van der Waals surface area contributed by atoms with Crippen molar-refractivity contribution in [2.24, 2.45) is 0 Å². The highest BCUT2D eigenvalue weighted by Crippen LogP contribution is 2.33. The molecule has 1 rings (SSSR count). The lowest BCUT2D eigenvalue weighted by atomic mass is 10.1. The number of hydrogen-bond donors (Lipinski definition) is 2. The Labute approximate surface area is 109 Å². The van der Waals surface area contributed by atoms with Gasteiger partial charge in [0.25, 0.3) is 0 Å². The van der Waals surface area contributed by atoms with Gasteiger partial charge in [-0.2, -0.15) is 13.2 Å². The molecule has 0 heterocycles. The SMILES string of the molecule is CC(=O)NCCC#Cc1c(N)cccc1C(F)(F)F. The number of halogens is 3. The molecule has 0 saturated heterocycles. The maximum absolute atomic E-state index is 12.7. The molecule has 19 heavy (non-hydrogen) atoms. The van der Waals surface area contributed by atoms with Gasteiger partial charge in [0.15, 0.2) is 0 Å². The van der Waals surface area contributed by atoms with Gasteiger partial charge in [-0.25, -0.2) is 0 Å². The summed E-state index contributed by atoms with van der Waals surface area (Å²) < 4.78 is 38.2. The van der Waals surface area contributed by atoms with E-state index in [-0.39, 0.29) is 30.1 Å². The molecule has 0 aliphatic heterocycles. The summed E-state index contributed by atoms with van der Waals surface area (Å²) in [6.45, 7) is 1.64. The van der Waals surface area contributed by atoms with Gasteiger partial charge in [0.1, 0.15) is 0 Å². The van der Waals surface area contributed by atoms with Crippen LogP contribution in [0.15, 0.2) is 18.2 Å². The van der Waals surface area contributed by atoms with Crippen LogP contribution in [0.2, 0.25) is 0 Å². The fourth-order valence-corrected chi connectivity index (χ4v) is 1.40. The van der Waals surface area contributed by atoms with Crippen molar-refractivity contribution in [2.45, 2.75) is 19.5 Å². The van der Waals surface area contributed by atoms with E-state index < -0.39 is 11.7 Å². The molecule has 0 aromatic heterocycles. The minimum absolute atomic E-state index is 0.0122. The van der Waals surface area contributed by atoms with Gasteiger partial charge >= 0.3 is 6.18 Å². The second-order valence-corrected chi connectivity index (χ2v) is 3.80. The number of anilines is 1. The first-order chi connectivity index (χ1) is 8.82. The Kier molecular flexibility index (Phi) is 4.81. The topological polar surface area (TPSA) is 55.1 Å². The Balaban J connectivity index is 2.89. The summed E-state index contributed by atoms with van der Waals surface area (Å²) in [7, 11) is 0. The molecule has 0 aliphatic rings. The molecule has 102 valence electrons. The maximum Gasteiger partial charge on any atom is 0.417 e. The third kappa shape index (κ3) is 4.54. The molecule has 1 aromatic rings. The summed E-state index contributed by atoms with van der Waals surface area (Å²) in [4.78, 5) is 10.6. The summed E-state index contributed by atoms with van der Waals surface area (Å²) in [6.07, 6.45) is -4.23. The van der Waals surface area contributed by atoms with Crippen LogP contribution in [0.4, 0.5) is 18.9 Å². The van der Waals surface area contributed by atoms with Gasteiger partial charge in [-0.1, -0.05) is 17.9 Å². The number of benzene rings is 1. The molecule has 0 saturated carbocycles. The predicted octanol–water partition coefficient (Wildman–Crippen LogP) is 2.17. The average molecular weight is 270 g/mol. The summed E-state index contributed by atoms with van der Waals surface area (Å²) in [5.74, 6) is 4.77. The standard InChI is InChI=1S/C13H13F3N2O/c1-9(19)18-8-3-2-5-10-11(13(14,15)16)6-4-7-12(10)17/h4,6-7H,3,8,17H2,1H3,(H,18,19). The molecule has 0 atom stereocenters. The van der Waals surface area contributed by atoms with E-state index in [1.807, 2.05) is 0 Å². The summed E-state index contributed by atoms with van der Waals surface area (Å²) in [5.41, 5.74) is 4.42. The van der Waals surface area contributed by atoms with Crippen molar-refractivity contribution in [2.75, 3.05) is 12.3 Å². The van der Waals surface area contributed by atoms with Gasteiger partial charge in [-0.05, 0) is 12.1 Å². The van der Waals surface area contributed by atoms with Crippen LogP contribution in [0.25, 0.3) is 0 Å². The van der Waals surface area contributed by atoms with Crippen molar-refractivity contribution in [3.8, 4) is 11.8 Å². The number of nitrogen functional groups attached to an aromatic ring is 1. The van der Waals surface area contributed by atoms with Gasteiger partial charge in [0.2, 0.25) is 5.91 Å². The zero-order valence-corrected chi connectivity index (χ0v) is 10.3. The van der Waals surface area contributed by atoms with Crippen LogP contribution in [-0.2, 0) is 11.0 Å². The Morgan fingerprint density at radius 2 is 2.11 bits per heavy atom. The molecule has 1 amide bonds. The molecule has 0 unspecified atom stereocenters. The van der Waals surface area contributed by atoms with E-state index in [9.17, 15) is 18.0 Å². The smallest absolute Gasteiger partial charge is 0.398 e. The number of amides is 1. The molecule has 6 heteroatoms. The first-order valence-corrected chi connectivity index (χ1v) is 5.51. The number of rotatable bonds is 2. The second-order valence-electron chi connectivity index (χ2n) is 3.80. The van der Waals surface area contributed by atoms with Gasteiger partial charge in [0, 0.05) is 25.6 Å². The van der Waals surface area contributed by atoms with Gasteiger partial charge in [0.05, 0.1) is 11.1 Å². The van der Waals surface area contributed by atoms with Crippen LogP contribution < -0.4 is 11.1 Å². The predicted molar refractivity (Wildman–Crippen MR) is 66.0 cm³/mol. The van der Waals surface area contributed by atoms with Crippen LogP contribution in [0.5, 0.6) is 0 Å². The Bertz CT molecular complexity index is 527. The maximum atomic E-state index is 12.7. The number of nitrogens with one attached hydrogen (secondary N) is 1. The van der Waals surface area contributed by atoms with Crippen molar-refractivity contribution in [1.29, 1.82) is 0 Å². The fraction of sp³-hybridized carbons (Fsp3) is 0.308. The number of carbonyl (C=O) groups is 1. The van der Waals surface area contributed by atoms with E-state index in [0.717, 1.165) is 6.07 Å². The van der Waals surface area contributed by atoms with Crippen molar-refractivity contribution >= 4 is 11.6 Å². The average Bonchev–Trinajstić information content (AvgIpc) is 2.28. The normalized spacial score (nSPS) is 10.5. The molecule has 0 radical (unpaired) electrons. The molecular formula is C13H13F3N2O. The molecule has 0 aliphatic carbocycles. The minimum Gasteiger partial charge on any atom is -0.398 e. The monoisotopic (exact) mass is 270 g/mol. The van der Waals surface area contributed by atoms with Crippen molar-refractivity contribution in [3.05, 3.63) is 29.3 Å². The molecule has 1 aromatic carbocycles. The molecule has 3 N–H and O–H groups in total. The summed E-state index contributed by atoms with van der Waals surface area (Å²) >= 11 is 0. The number of carbonyl (C=O) groups excluding carboxylic acids is 1. The highest BCUT2D eigenvalue weighted by Gasteiger charge is 2.33. The Morgan fingerprint density at radius 1 is 1.42 bits per heavy atom. The third-order valence-electron chi connectivity index (χ3n) is 2.24. The van der Waals surface area contributed by atoms with Crippen LogP contribution in [-0.4, -0.2) is 12.5 Å². The first-order valence-electron chi connectivity index (χ1n) is 5.51. The lowest BCUT2D eigenvalue weighted by Crippen LogP contribution is -2.20. The Morgan fingerprint density at radius 3 is 2.68 bits per heavy atom. The zero-order chi connectivity index (χ0) is 14.5. The molecule has 0 bridgehead atoms. The minimum atomic E-state index is -4.49. The highest BCUT2D eigenvalue weighted by atomic mass is 19.4. The van der Waals surface area contributed by atoms with Crippen LogP contribution in [0.1, 0.15) is 24.5 Å². The van der Waals surface area contributed by atoms with E-state index in [1.165, 1.54) is 19.1 Å². The lowest BCUT2D eigenvalue weighted by Gasteiger charge is -2.10. The fourth-order valence-electron chi connectivity index (χ4n) is 1.40. The summed E-state index contributed by atoms with van der Waals surface area (Å²) in [6, 6.07) is 3.54. The van der Waals surface area contributed by atoms with E-state index >= 15 is 0 Å². The third-order valence-corrected chi connectivity index (χ3v) is 2.24. The van der Waals surface area contributed by atoms with E-state index in [0.29, 0.717) is 0 Å². The summed E-state index contributed by atoms with van der Waals surface area (Å²) in [5, 5.41) is 2.50. The number of nitrogens with two attached hydrogens (primary N) is 1. The van der Waals surface area contributed by atoms with Crippen LogP contribution >= 0.6 is 0 Å². The van der Waals surface area contributed by atoms with Crippen LogP contribution in [0.3, 0.4) is 0 Å². The van der Waals surface area contributed by atoms with E-state index in [2.05, 4.69) is 17.2 Å². The highest BCUT2D eigenvalue weighted by molar-refractivity contribution is 5.72. The largest absolute Gasteiger partial charge is 0.417 e. The molecule has 3 nitrogen and oxygen atoms in total. The van der Waals surface area contributed by atoms with E-state index in [4.69, 9.17) is 5.73 Å². The van der Waals surface area contributed by atoms with Crippen LogP contribution in [0, 0.1) is 11.8 Å². The number of hydrogen-bond acceptors (Lipinski definition) is 2. The molecule has 0 spiro atoms. The molecular weight excluding hydrogens is 257 g/mol. The lowest BCUT2D eigenvalue weighted by molar-refractivity contribution is -0.137. The van der Waals surface area contributed by atoms with Crippen molar-refractivity contribution in [1.82, 2.24) is 5.32 Å². The van der Waals surface area contributed by atoms with Gasteiger partial charge in [-0.3, -0.25) is 4.79 Å². The van der Waals surface area contributed by atoms with Gasteiger partial charge in [-0.15, -0.1) is 0 Å².